The first kappa shape index (κ1) is 12.0. The van der Waals surface area contributed by atoms with Gasteiger partial charge in [0.25, 0.3) is 0 Å². The van der Waals surface area contributed by atoms with Crippen molar-refractivity contribution >= 4 is 0 Å². The Morgan fingerprint density at radius 1 is 1.36 bits per heavy atom. The van der Waals surface area contributed by atoms with E-state index < -0.39 is 0 Å². The summed E-state index contributed by atoms with van der Waals surface area (Å²) in [7, 11) is 2.25. The molecule has 0 aromatic heterocycles. The van der Waals surface area contributed by atoms with Gasteiger partial charge in [-0.15, -0.1) is 0 Å². The summed E-state index contributed by atoms with van der Waals surface area (Å²) >= 11 is 0. The van der Waals surface area contributed by atoms with Crippen LogP contribution in [0.25, 0.3) is 0 Å². The van der Waals surface area contributed by atoms with Crippen LogP contribution in [0, 0.1) is 11.3 Å². The molecule has 2 N–H and O–H groups in total. The van der Waals surface area contributed by atoms with Crippen LogP contribution >= 0.6 is 0 Å². The van der Waals surface area contributed by atoms with E-state index in [0.29, 0.717) is 0 Å². The molecule has 0 heterocycles. The summed E-state index contributed by atoms with van der Waals surface area (Å²) in [5, 5.41) is 0. The van der Waals surface area contributed by atoms with Crippen LogP contribution in [0.4, 0.5) is 0 Å². The zero-order valence-electron chi connectivity index (χ0n) is 10.2. The largest absolute Gasteiger partial charge is 0.330 e. The Hall–Kier alpha value is -0.0800. The Kier molecular flexibility index (Phi) is 3.96. The van der Waals surface area contributed by atoms with Crippen LogP contribution in [0.2, 0.25) is 0 Å². The molecule has 14 heavy (non-hydrogen) atoms. The van der Waals surface area contributed by atoms with Crippen molar-refractivity contribution in [3.05, 3.63) is 0 Å². The molecular formula is C12H26N2. The highest BCUT2D eigenvalue weighted by molar-refractivity contribution is 4.84. The third-order valence-electron chi connectivity index (χ3n) is 3.61. The van der Waals surface area contributed by atoms with Gasteiger partial charge < -0.3 is 10.6 Å². The molecule has 0 amide bonds. The monoisotopic (exact) mass is 198 g/mol. The molecule has 1 rings (SSSR count). The molecule has 2 nitrogen and oxygen atoms in total. The predicted octanol–water partition coefficient (Wildman–Crippen LogP) is 2.09. The van der Waals surface area contributed by atoms with Gasteiger partial charge in [0.15, 0.2) is 0 Å². The quantitative estimate of drug-likeness (QED) is 0.749. The van der Waals surface area contributed by atoms with Crippen LogP contribution in [0.5, 0.6) is 0 Å². The molecular weight excluding hydrogens is 172 g/mol. The topological polar surface area (TPSA) is 29.3 Å². The van der Waals surface area contributed by atoms with Crippen LogP contribution in [0.3, 0.4) is 0 Å². The Bertz CT molecular complexity index is 177. The van der Waals surface area contributed by atoms with E-state index >= 15 is 0 Å². The fourth-order valence-corrected chi connectivity index (χ4v) is 2.64. The predicted molar refractivity (Wildman–Crippen MR) is 62.3 cm³/mol. The summed E-state index contributed by atoms with van der Waals surface area (Å²) < 4.78 is 0. The van der Waals surface area contributed by atoms with E-state index in [1.165, 1.54) is 19.3 Å². The lowest BCUT2D eigenvalue weighted by atomic mass is 9.92. The second-order valence-electron chi connectivity index (χ2n) is 5.76. The first-order chi connectivity index (χ1) is 6.46. The number of hydrogen-bond donors (Lipinski definition) is 1. The number of nitrogens with two attached hydrogens (primary N) is 1. The molecule has 0 aromatic rings. The van der Waals surface area contributed by atoms with Gasteiger partial charge in [-0.1, -0.05) is 27.2 Å². The molecule has 1 aliphatic carbocycles. The van der Waals surface area contributed by atoms with Crippen molar-refractivity contribution in [2.45, 2.75) is 46.1 Å². The SMILES string of the molecule is CC1CCCC1N(C)CC(C)(C)CN. The Labute approximate surface area is 88.8 Å². The Balaban J connectivity index is 2.45. The lowest BCUT2D eigenvalue weighted by Crippen LogP contribution is -2.42. The van der Waals surface area contributed by atoms with Crippen molar-refractivity contribution in [3.8, 4) is 0 Å². The third kappa shape index (κ3) is 2.96. The number of rotatable bonds is 4. The van der Waals surface area contributed by atoms with Gasteiger partial charge in [0, 0.05) is 12.6 Å². The van der Waals surface area contributed by atoms with Crippen molar-refractivity contribution < 1.29 is 0 Å². The molecule has 1 aliphatic rings. The van der Waals surface area contributed by atoms with Gasteiger partial charge in [-0.3, -0.25) is 0 Å². The van der Waals surface area contributed by atoms with E-state index in [-0.39, 0.29) is 5.41 Å². The Morgan fingerprint density at radius 3 is 2.43 bits per heavy atom. The fourth-order valence-electron chi connectivity index (χ4n) is 2.64. The third-order valence-corrected chi connectivity index (χ3v) is 3.61. The molecule has 0 aromatic carbocycles. The van der Waals surface area contributed by atoms with E-state index in [1.54, 1.807) is 0 Å². The second-order valence-corrected chi connectivity index (χ2v) is 5.76. The van der Waals surface area contributed by atoms with Gasteiger partial charge >= 0.3 is 0 Å². The van der Waals surface area contributed by atoms with Gasteiger partial charge in [0.05, 0.1) is 0 Å². The minimum atomic E-state index is 0.261. The maximum Gasteiger partial charge on any atom is 0.0118 e. The van der Waals surface area contributed by atoms with E-state index in [9.17, 15) is 0 Å². The van der Waals surface area contributed by atoms with Crippen molar-refractivity contribution in [1.29, 1.82) is 0 Å². The highest BCUT2D eigenvalue weighted by Gasteiger charge is 2.29. The van der Waals surface area contributed by atoms with Gasteiger partial charge in [-0.25, -0.2) is 0 Å². The van der Waals surface area contributed by atoms with Gasteiger partial charge in [-0.05, 0) is 37.8 Å². The minimum Gasteiger partial charge on any atom is -0.330 e. The molecule has 0 radical (unpaired) electrons. The van der Waals surface area contributed by atoms with Crippen LogP contribution in [0.1, 0.15) is 40.0 Å². The first-order valence-corrected chi connectivity index (χ1v) is 5.86. The van der Waals surface area contributed by atoms with Gasteiger partial charge in [0.1, 0.15) is 0 Å². The van der Waals surface area contributed by atoms with Crippen LogP contribution in [-0.2, 0) is 0 Å². The zero-order valence-corrected chi connectivity index (χ0v) is 10.2. The lowest BCUT2D eigenvalue weighted by Gasteiger charge is -2.34. The second kappa shape index (κ2) is 4.63. The molecule has 1 fully saturated rings. The summed E-state index contributed by atoms with van der Waals surface area (Å²) in [5.74, 6) is 0.869. The summed E-state index contributed by atoms with van der Waals surface area (Å²) in [6.45, 7) is 8.78. The molecule has 2 atom stereocenters. The van der Waals surface area contributed by atoms with Crippen LogP contribution in [0.15, 0.2) is 0 Å². The van der Waals surface area contributed by atoms with E-state index in [1.807, 2.05) is 0 Å². The zero-order chi connectivity index (χ0) is 10.8. The van der Waals surface area contributed by atoms with Crippen LogP contribution < -0.4 is 5.73 Å². The molecule has 0 bridgehead atoms. The first-order valence-electron chi connectivity index (χ1n) is 5.86. The van der Waals surface area contributed by atoms with Gasteiger partial charge in [0.2, 0.25) is 0 Å². The highest BCUT2D eigenvalue weighted by Crippen LogP contribution is 2.30. The maximum absolute atomic E-state index is 5.76. The molecule has 1 saturated carbocycles. The summed E-state index contributed by atoms with van der Waals surface area (Å²) in [5.41, 5.74) is 6.02. The average Bonchev–Trinajstić information content (AvgIpc) is 2.51. The van der Waals surface area contributed by atoms with Crippen molar-refractivity contribution in [2.75, 3.05) is 20.1 Å². The van der Waals surface area contributed by atoms with E-state index in [4.69, 9.17) is 5.73 Å². The normalized spacial score (nSPS) is 28.7. The smallest absolute Gasteiger partial charge is 0.0118 e. The molecule has 2 heteroatoms. The molecule has 0 saturated heterocycles. The minimum absolute atomic E-state index is 0.261. The summed E-state index contributed by atoms with van der Waals surface area (Å²) in [6.07, 6.45) is 4.18. The standard InChI is InChI=1S/C12H26N2/c1-10-6-5-7-11(10)14(4)9-12(2,3)8-13/h10-11H,5-9,13H2,1-4H3. The molecule has 2 unspecified atom stereocenters. The van der Waals surface area contributed by atoms with Crippen LogP contribution in [-0.4, -0.2) is 31.1 Å². The number of nitrogens with zero attached hydrogens (tertiary/aromatic N) is 1. The summed E-state index contributed by atoms with van der Waals surface area (Å²) in [6, 6.07) is 0.792. The number of hydrogen-bond acceptors (Lipinski definition) is 2. The van der Waals surface area contributed by atoms with E-state index in [0.717, 1.165) is 25.0 Å². The average molecular weight is 198 g/mol. The maximum atomic E-state index is 5.76. The highest BCUT2D eigenvalue weighted by atomic mass is 15.1. The Morgan fingerprint density at radius 2 is 2.00 bits per heavy atom. The molecule has 84 valence electrons. The molecule has 0 spiro atoms. The summed E-state index contributed by atoms with van der Waals surface area (Å²) in [4.78, 5) is 2.52. The van der Waals surface area contributed by atoms with Crippen molar-refractivity contribution in [3.63, 3.8) is 0 Å². The van der Waals surface area contributed by atoms with E-state index in [2.05, 4.69) is 32.7 Å². The lowest BCUT2D eigenvalue weighted by molar-refractivity contribution is 0.143. The fraction of sp³-hybridized carbons (Fsp3) is 1.00. The van der Waals surface area contributed by atoms with Crippen molar-refractivity contribution in [2.24, 2.45) is 17.1 Å². The molecule has 0 aliphatic heterocycles. The van der Waals surface area contributed by atoms with Crippen molar-refractivity contribution in [1.82, 2.24) is 4.90 Å². The van der Waals surface area contributed by atoms with Gasteiger partial charge in [-0.2, -0.15) is 0 Å².